The van der Waals surface area contributed by atoms with E-state index in [1.807, 2.05) is 18.3 Å². The molecule has 0 amide bonds. The number of benzene rings is 2. The van der Waals surface area contributed by atoms with Crippen LogP contribution in [0.5, 0.6) is 5.75 Å². The number of rotatable bonds is 5. The molecule has 3 aromatic rings. The predicted molar refractivity (Wildman–Crippen MR) is 110 cm³/mol. The highest BCUT2D eigenvalue weighted by atomic mass is 32.1. The first-order valence-corrected chi connectivity index (χ1v) is 10.3. The van der Waals surface area contributed by atoms with Crippen molar-refractivity contribution in [3.05, 3.63) is 65.0 Å². The normalized spacial score (nSPS) is 17.1. The first-order chi connectivity index (χ1) is 12.8. The number of ether oxygens (including phenoxy) is 1. The van der Waals surface area contributed by atoms with E-state index in [0.29, 0.717) is 12.6 Å². The van der Waals surface area contributed by atoms with E-state index in [1.165, 1.54) is 26.9 Å². The molecule has 1 aliphatic rings. The number of thiophene rings is 1. The van der Waals surface area contributed by atoms with Crippen molar-refractivity contribution in [1.82, 2.24) is 10.2 Å². The van der Waals surface area contributed by atoms with Crippen LogP contribution in [0.15, 0.2) is 54.6 Å². The van der Waals surface area contributed by atoms with E-state index < -0.39 is 0 Å². The van der Waals surface area contributed by atoms with Crippen LogP contribution < -0.4 is 10.1 Å². The molecule has 0 saturated carbocycles. The lowest BCUT2D eigenvalue weighted by molar-refractivity contribution is 0.244. The maximum atomic E-state index is 5.64. The first kappa shape index (κ1) is 17.5. The lowest BCUT2D eigenvalue weighted by Crippen LogP contribution is -2.32. The van der Waals surface area contributed by atoms with Crippen LogP contribution in [-0.2, 0) is 0 Å². The molecule has 2 heterocycles. The van der Waals surface area contributed by atoms with Gasteiger partial charge in [-0.1, -0.05) is 30.3 Å². The second-order valence-corrected chi connectivity index (χ2v) is 7.85. The summed E-state index contributed by atoms with van der Waals surface area (Å²) < 4.78 is 7.01. The van der Waals surface area contributed by atoms with Gasteiger partial charge in [-0.05, 0) is 55.1 Å². The third-order valence-corrected chi connectivity index (χ3v) is 6.13. The average Bonchev–Trinajstić information content (AvgIpc) is 2.91. The number of nitrogens with zero attached hydrogens (tertiary/aromatic N) is 1. The average molecular weight is 367 g/mol. The van der Waals surface area contributed by atoms with Crippen molar-refractivity contribution in [3.8, 4) is 5.75 Å². The SMILES string of the molecule is CCOc1ccc(C(c2cc3ccccc3s2)N2CCCNCC2)cc1. The zero-order valence-corrected chi connectivity index (χ0v) is 16.1. The Hall–Kier alpha value is -1.88. The predicted octanol–water partition coefficient (Wildman–Crippen LogP) is 4.68. The van der Waals surface area contributed by atoms with Crippen LogP contribution in [-0.4, -0.2) is 37.7 Å². The van der Waals surface area contributed by atoms with E-state index in [4.69, 9.17) is 4.74 Å². The van der Waals surface area contributed by atoms with E-state index in [-0.39, 0.29) is 0 Å². The van der Waals surface area contributed by atoms with Crippen molar-refractivity contribution in [2.75, 3.05) is 32.8 Å². The van der Waals surface area contributed by atoms with Crippen molar-refractivity contribution in [1.29, 1.82) is 0 Å². The molecule has 1 N–H and O–H groups in total. The third kappa shape index (κ3) is 3.78. The van der Waals surface area contributed by atoms with E-state index in [0.717, 1.165) is 31.9 Å². The fraction of sp³-hybridized carbons (Fsp3) is 0.364. The summed E-state index contributed by atoms with van der Waals surface area (Å²) in [5.74, 6) is 0.948. The van der Waals surface area contributed by atoms with Gasteiger partial charge in [0.15, 0.2) is 0 Å². The number of hydrogen-bond donors (Lipinski definition) is 1. The molecule has 1 fully saturated rings. The minimum atomic E-state index is 0.308. The summed E-state index contributed by atoms with van der Waals surface area (Å²) in [6, 6.07) is 20.1. The molecule has 1 aliphatic heterocycles. The first-order valence-electron chi connectivity index (χ1n) is 9.51. The molecule has 2 aromatic carbocycles. The monoisotopic (exact) mass is 366 g/mol. The molecule has 1 unspecified atom stereocenters. The largest absolute Gasteiger partial charge is 0.494 e. The Labute approximate surface area is 159 Å². The van der Waals surface area contributed by atoms with Gasteiger partial charge < -0.3 is 10.1 Å². The van der Waals surface area contributed by atoms with E-state index >= 15 is 0 Å². The molecule has 26 heavy (non-hydrogen) atoms. The Balaban J connectivity index is 1.72. The molecular weight excluding hydrogens is 340 g/mol. The summed E-state index contributed by atoms with van der Waals surface area (Å²) in [6.07, 6.45) is 1.19. The topological polar surface area (TPSA) is 24.5 Å². The van der Waals surface area contributed by atoms with Gasteiger partial charge in [0, 0.05) is 29.2 Å². The molecule has 4 heteroatoms. The molecule has 0 spiro atoms. The number of nitrogens with one attached hydrogen (secondary N) is 1. The van der Waals surface area contributed by atoms with Crippen molar-refractivity contribution in [2.24, 2.45) is 0 Å². The van der Waals surface area contributed by atoms with Gasteiger partial charge in [0.2, 0.25) is 0 Å². The van der Waals surface area contributed by atoms with Gasteiger partial charge in [0.05, 0.1) is 12.6 Å². The van der Waals surface area contributed by atoms with Crippen LogP contribution in [0.25, 0.3) is 10.1 Å². The molecule has 136 valence electrons. The van der Waals surface area contributed by atoms with Crippen LogP contribution in [0.4, 0.5) is 0 Å². The minimum Gasteiger partial charge on any atom is -0.494 e. The van der Waals surface area contributed by atoms with Gasteiger partial charge in [0.1, 0.15) is 5.75 Å². The molecular formula is C22H26N2OS. The van der Waals surface area contributed by atoms with Crippen LogP contribution in [0.1, 0.15) is 29.8 Å². The van der Waals surface area contributed by atoms with Gasteiger partial charge >= 0.3 is 0 Å². The van der Waals surface area contributed by atoms with Crippen LogP contribution in [0.3, 0.4) is 0 Å². The summed E-state index contributed by atoms with van der Waals surface area (Å²) in [7, 11) is 0. The van der Waals surface area contributed by atoms with Gasteiger partial charge in [-0.25, -0.2) is 0 Å². The maximum Gasteiger partial charge on any atom is 0.119 e. The van der Waals surface area contributed by atoms with Crippen molar-refractivity contribution < 1.29 is 4.74 Å². The maximum absolute atomic E-state index is 5.64. The van der Waals surface area contributed by atoms with Gasteiger partial charge in [-0.2, -0.15) is 0 Å². The second-order valence-electron chi connectivity index (χ2n) is 6.73. The quantitative estimate of drug-likeness (QED) is 0.709. The van der Waals surface area contributed by atoms with Crippen molar-refractivity contribution in [2.45, 2.75) is 19.4 Å². The van der Waals surface area contributed by atoms with Crippen LogP contribution >= 0.6 is 11.3 Å². The van der Waals surface area contributed by atoms with Crippen LogP contribution in [0.2, 0.25) is 0 Å². The van der Waals surface area contributed by atoms with Gasteiger partial charge in [-0.15, -0.1) is 11.3 Å². The highest BCUT2D eigenvalue weighted by molar-refractivity contribution is 7.19. The summed E-state index contributed by atoms with van der Waals surface area (Å²) in [5.41, 5.74) is 1.35. The fourth-order valence-corrected chi connectivity index (χ4v) is 4.96. The molecule has 0 radical (unpaired) electrons. The van der Waals surface area contributed by atoms with E-state index in [9.17, 15) is 0 Å². The standard InChI is InChI=1S/C22H26N2OS/c1-2-25-19-10-8-17(9-11-19)22(24-14-5-12-23-13-15-24)21-16-18-6-3-4-7-20(18)26-21/h3-4,6-11,16,22-23H,2,5,12-15H2,1H3. The van der Waals surface area contributed by atoms with E-state index in [2.05, 4.69) is 64.8 Å². The molecule has 1 atom stereocenters. The summed E-state index contributed by atoms with van der Waals surface area (Å²) >= 11 is 1.92. The zero-order valence-electron chi connectivity index (χ0n) is 15.3. The fourth-order valence-electron chi connectivity index (χ4n) is 3.73. The number of hydrogen-bond acceptors (Lipinski definition) is 4. The summed E-state index contributed by atoms with van der Waals surface area (Å²) in [5, 5.41) is 4.87. The Kier molecular flexibility index (Phi) is 5.54. The van der Waals surface area contributed by atoms with Crippen LogP contribution in [0, 0.1) is 0 Å². The minimum absolute atomic E-state index is 0.308. The highest BCUT2D eigenvalue weighted by Gasteiger charge is 2.25. The molecule has 4 rings (SSSR count). The molecule has 3 nitrogen and oxygen atoms in total. The summed E-state index contributed by atoms with van der Waals surface area (Å²) in [6.45, 7) is 7.09. The Morgan fingerprint density at radius 3 is 2.73 bits per heavy atom. The van der Waals surface area contributed by atoms with Gasteiger partial charge in [-0.3, -0.25) is 4.90 Å². The summed E-state index contributed by atoms with van der Waals surface area (Å²) in [4.78, 5) is 4.05. The lowest BCUT2D eigenvalue weighted by Gasteiger charge is -2.30. The molecule has 1 aromatic heterocycles. The Bertz CT molecular complexity index is 802. The molecule has 0 aliphatic carbocycles. The Morgan fingerprint density at radius 2 is 1.92 bits per heavy atom. The Morgan fingerprint density at radius 1 is 1.08 bits per heavy atom. The number of fused-ring (bicyclic) bond motifs is 1. The lowest BCUT2D eigenvalue weighted by atomic mass is 10.0. The third-order valence-electron chi connectivity index (χ3n) is 4.96. The zero-order chi connectivity index (χ0) is 17.8. The highest BCUT2D eigenvalue weighted by Crippen LogP contribution is 2.37. The van der Waals surface area contributed by atoms with Crippen molar-refractivity contribution in [3.63, 3.8) is 0 Å². The van der Waals surface area contributed by atoms with E-state index in [1.54, 1.807) is 0 Å². The molecule has 1 saturated heterocycles. The smallest absolute Gasteiger partial charge is 0.119 e. The van der Waals surface area contributed by atoms with Crippen molar-refractivity contribution >= 4 is 21.4 Å². The van der Waals surface area contributed by atoms with Gasteiger partial charge in [0.25, 0.3) is 0 Å². The second kappa shape index (κ2) is 8.21. The molecule has 0 bridgehead atoms.